The minimum atomic E-state index is -0.498. The Morgan fingerprint density at radius 1 is 0.939 bits per heavy atom. The van der Waals surface area contributed by atoms with E-state index in [-0.39, 0.29) is 12.0 Å². The van der Waals surface area contributed by atoms with Crippen LogP contribution >= 0.6 is 0 Å². The second-order valence-electron chi connectivity index (χ2n) is 7.52. The SMILES string of the molecule is CCCCOC(=O)c1ccc(NC(=O)N(CCc2ccccc2)CC(OCC)OCC)cc1. The number of nitrogens with one attached hydrogen (secondary N) is 1. The van der Waals surface area contributed by atoms with Crippen LogP contribution in [0.5, 0.6) is 0 Å². The van der Waals surface area contributed by atoms with Crippen molar-refractivity contribution in [1.29, 1.82) is 0 Å². The molecular weight excluding hydrogens is 420 g/mol. The van der Waals surface area contributed by atoms with Crippen LogP contribution in [0, 0.1) is 0 Å². The summed E-state index contributed by atoms with van der Waals surface area (Å²) in [5, 5.41) is 2.91. The van der Waals surface area contributed by atoms with Crippen LogP contribution in [0.4, 0.5) is 10.5 Å². The van der Waals surface area contributed by atoms with Gasteiger partial charge in [-0.05, 0) is 56.5 Å². The maximum absolute atomic E-state index is 13.1. The van der Waals surface area contributed by atoms with Crippen LogP contribution in [-0.2, 0) is 20.6 Å². The highest BCUT2D eigenvalue weighted by molar-refractivity contribution is 5.92. The van der Waals surface area contributed by atoms with Gasteiger partial charge in [-0.15, -0.1) is 0 Å². The van der Waals surface area contributed by atoms with Crippen LogP contribution in [0.15, 0.2) is 54.6 Å². The summed E-state index contributed by atoms with van der Waals surface area (Å²) in [6.07, 6.45) is 2.01. The Labute approximate surface area is 197 Å². The van der Waals surface area contributed by atoms with Gasteiger partial charge in [0.1, 0.15) is 0 Å². The van der Waals surface area contributed by atoms with Crippen LogP contribution < -0.4 is 5.32 Å². The second-order valence-corrected chi connectivity index (χ2v) is 7.52. The van der Waals surface area contributed by atoms with E-state index in [1.165, 1.54) is 0 Å². The van der Waals surface area contributed by atoms with E-state index < -0.39 is 6.29 Å². The molecule has 0 bridgehead atoms. The normalized spacial score (nSPS) is 10.8. The lowest BCUT2D eigenvalue weighted by atomic mass is 10.1. The first kappa shape index (κ1) is 26.4. The number of hydrogen-bond donors (Lipinski definition) is 1. The smallest absolute Gasteiger partial charge is 0.338 e. The number of rotatable bonds is 14. The molecule has 0 saturated carbocycles. The average Bonchev–Trinajstić information content (AvgIpc) is 2.83. The summed E-state index contributed by atoms with van der Waals surface area (Å²) in [4.78, 5) is 26.9. The van der Waals surface area contributed by atoms with Crippen LogP contribution in [-0.4, -0.2) is 56.1 Å². The zero-order valence-corrected chi connectivity index (χ0v) is 19.9. The minimum Gasteiger partial charge on any atom is -0.462 e. The zero-order valence-electron chi connectivity index (χ0n) is 19.9. The fraction of sp³-hybridized carbons (Fsp3) is 0.462. The number of esters is 1. The van der Waals surface area contributed by atoms with Gasteiger partial charge in [-0.1, -0.05) is 43.7 Å². The molecule has 0 aliphatic rings. The highest BCUT2D eigenvalue weighted by Gasteiger charge is 2.20. The number of hydrogen-bond acceptors (Lipinski definition) is 5. The van der Waals surface area contributed by atoms with Gasteiger partial charge in [0.2, 0.25) is 0 Å². The molecule has 2 rings (SSSR count). The fourth-order valence-corrected chi connectivity index (χ4v) is 3.17. The Hall–Kier alpha value is -2.90. The van der Waals surface area contributed by atoms with E-state index in [1.54, 1.807) is 29.2 Å². The Bertz CT molecular complexity index is 820. The number of unbranched alkanes of at least 4 members (excludes halogenated alkanes) is 1. The summed E-state index contributed by atoms with van der Waals surface area (Å²) in [6, 6.07) is 16.5. The lowest BCUT2D eigenvalue weighted by Gasteiger charge is -2.27. The van der Waals surface area contributed by atoms with Crippen molar-refractivity contribution in [2.45, 2.75) is 46.3 Å². The number of urea groups is 1. The van der Waals surface area contributed by atoms with Gasteiger partial charge in [-0.3, -0.25) is 0 Å². The first-order valence-electron chi connectivity index (χ1n) is 11.7. The summed E-state index contributed by atoms with van der Waals surface area (Å²) < 4.78 is 16.5. The van der Waals surface area contributed by atoms with E-state index in [1.807, 2.05) is 51.1 Å². The number of carbonyl (C=O) groups excluding carboxylic acids is 2. The summed E-state index contributed by atoms with van der Waals surface area (Å²) in [5.74, 6) is -0.359. The third-order valence-electron chi connectivity index (χ3n) is 4.98. The topological polar surface area (TPSA) is 77.1 Å². The maximum atomic E-state index is 13.1. The van der Waals surface area contributed by atoms with Crippen molar-refractivity contribution >= 4 is 17.7 Å². The van der Waals surface area contributed by atoms with Gasteiger partial charge >= 0.3 is 12.0 Å². The fourth-order valence-electron chi connectivity index (χ4n) is 3.17. The van der Waals surface area contributed by atoms with E-state index in [0.29, 0.717) is 50.6 Å². The largest absolute Gasteiger partial charge is 0.462 e. The molecule has 33 heavy (non-hydrogen) atoms. The van der Waals surface area contributed by atoms with Crippen molar-refractivity contribution in [2.75, 3.05) is 38.2 Å². The molecule has 7 heteroatoms. The van der Waals surface area contributed by atoms with Crippen LogP contribution in [0.3, 0.4) is 0 Å². The molecule has 2 amide bonds. The van der Waals surface area contributed by atoms with E-state index in [2.05, 4.69) is 5.32 Å². The summed E-state index contributed by atoms with van der Waals surface area (Å²) in [6.45, 7) is 8.05. The predicted octanol–water partition coefficient (Wildman–Crippen LogP) is 5.12. The van der Waals surface area contributed by atoms with Crippen LogP contribution in [0.2, 0.25) is 0 Å². The van der Waals surface area contributed by atoms with Gasteiger partial charge in [0.05, 0.1) is 18.7 Å². The molecule has 0 aliphatic heterocycles. The molecule has 0 radical (unpaired) electrons. The predicted molar refractivity (Wildman–Crippen MR) is 129 cm³/mol. The molecule has 2 aromatic rings. The van der Waals surface area contributed by atoms with Crippen LogP contribution in [0.1, 0.15) is 49.5 Å². The molecule has 0 heterocycles. The number of benzene rings is 2. The minimum absolute atomic E-state index is 0.256. The van der Waals surface area contributed by atoms with Crippen molar-refractivity contribution in [3.63, 3.8) is 0 Å². The van der Waals surface area contributed by atoms with Gasteiger partial charge in [-0.2, -0.15) is 0 Å². The van der Waals surface area contributed by atoms with Gasteiger partial charge in [0, 0.05) is 25.4 Å². The number of amides is 2. The number of nitrogens with zero attached hydrogens (tertiary/aromatic N) is 1. The first-order valence-corrected chi connectivity index (χ1v) is 11.7. The molecule has 1 N–H and O–H groups in total. The highest BCUT2D eigenvalue weighted by atomic mass is 16.7. The van der Waals surface area contributed by atoms with Crippen molar-refractivity contribution in [1.82, 2.24) is 4.90 Å². The Balaban J connectivity index is 2.03. The zero-order chi connectivity index (χ0) is 23.9. The lowest BCUT2D eigenvalue weighted by molar-refractivity contribution is -0.142. The Kier molecular flexibility index (Phi) is 12.0. The van der Waals surface area contributed by atoms with E-state index >= 15 is 0 Å². The summed E-state index contributed by atoms with van der Waals surface area (Å²) in [5.41, 5.74) is 2.20. The number of ether oxygens (including phenoxy) is 3. The summed E-state index contributed by atoms with van der Waals surface area (Å²) >= 11 is 0. The molecule has 0 fully saturated rings. The molecule has 0 spiro atoms. The van der Waals surface area contributed by atoms with E-state index in [4.69, 9.17) is 14.2 Å². The van der Waals surface area contributed by atoms with Gasteiger partial charge in [-0.25, -0.2) is 9.59 Å². The van der Waals surface area contributed by atoms with Crippen LogP contribution in [0.25, 0.3) is 0 Å². The molecular formula is C26H36N2O5. The third-order valence-corrected chi connectivity index (χ3v) is 4.98. The number of carbonyl (C=O) groups is 2. The second kappa shape index (κ2) is 15.0. The standard InChI is InChI=1S/C26H36N2O5/c1-4-7-19-33-25(29)22-13-15-23(16-14-22)27-26(30)28(20-24(31-5-2)32-6-3)18-17-21-11-9-8-10-12-21/h8-16,24H,4-7,17-20H2,1-3H3,(H,27,30). The van der Waals surface area contributed by atoms with Crippen molar-refractivity contribution < 1.29 is 23.8 Å². The molecule has 2 aromatic carbocycles. The molecule has 0 aliphatic carbocycles. The van der Waals surface area contributed by atoms with Gasteiger partial charge in [0.25, 0.3) is 0 Å². The van der Waals surface area contributed by atoms with Gasteiger partial charge < -0.3 is 24.4 Å². The molecule has 0 unspecified atom stereocenters. The molecule has 7 nitrogen and oxygen atoms in total. The van der Waals surface area contributed by atoms with Crippen molar-refractivity contribution in [3.8, 4) is 0 Å². The van der Waals surface area contributed by atoms with E-state index in [0.717, 1.165) is 18.4 Å². The monoisotopic (exact) mass is 456 g/mol. The lowest BCUT2D eigenvalue weighted by Crippen LogP contribution is -2.43. The molecule has 0 aromatic heterocycles. The number of anilines is 1. The quantitative estimate of drug-likeness (QED) is 0.243. The Morgan fingerprint density at radius 3 is 2.21 bits per heavy atom. The average molecular weight is 457 g/mol. The van der Waals surface area contributed by atoms with Crippen molar-refractivity contribution in [2.24, 2.45) is 0 Å². The molecule has 0 atom stereocenters. The van der Waals surface area contributed by atoms with Crippen molar-refractivity contribution in [3.05, 3.63) is 65.7 Å². The Morgan fingerprint density at radius 2 is 1.61 bits per heavy atom. The highest BCUT2D eigenvalue weighted by Crippen LogP contribution is 2.13. The third kappa shape index (κ3) is 9.63. The molecule has 180 valence electrons. The van der Waals surface area contributed by atoms with E-state index in [9.17, 15) is 9.59 Å². The maximum Gasteiger partial charge on any atom is 0.338 e. The first-order chi connectivity index (χ1) is 16.1. The van der Waals surface area contributed by atoms with Gasteiger partial charge in [0.15, 0.2) is 6.29 Å². The molecule has 0 saturated heterocycles. The summed E-state index contributed by atoms with van der Waals surface area (Å²) in [7, 11) is 0.